The molecule has 6 nitrogen and oxygen atoms in total. The summed E-state index contributed by atoms with van der Waals surface area (Å²) in [6.07, 6.45) is 2.45. The molecule has 0 saturated carbocycles. The van der Waals surface area contributed by atoms with Gasteiger partial charge >= 0.3 is 0 Å². The van der Waals surface area contributed by atoms with Gasteiger partial charge in [0.05, 0.1) is 9.40 Å². The Morgan fingerprint density at radius 3 is 3.11 bits per heavy atom. The summed E-state index contributed by atoms with van der Waals surface area (Å²) >= 11 is 3.36. The summed E-state index contributed by atoms with van der Waals surface area (Å²) in [7, 11) is 0. The van der Waals surface area contributed by atoms with Crippen molar-refractivity contribution in [2.75, 3.05) is 25.0 Å². The van der Waals surface area contributed by atoms with E-state index in [1.807, 2.05) is 0 Å². The van der Waals surface area contributed by atoms with Crippen LogP contribution in [0.5, 0.6) is 0 Å². The highest BCUT2D eigenvalue weighted by molar-refractivity contribution is 9.10. The van der Waals surface area contributed by atoms with Gasteiger partial charge in [-0.25, -0.2) is 4.98 Å². The maximum absolute atomic E-state index is 10.8. The minimum Gasteiger partial charge on any atom is -0.369 e. The standard InChI is InChI=1S/C11H15BrN4O2/c1-7-9(16(17)18)6-15-11(10(7)12)14-5-8-2-3-13-4-8/h6,8,13H,2-5H2,1H3,(H,14,15). The lowest BCUT2D eigenvalue weighted by Crippen LogP contribution is -2.18. The third kappa shape index (κ3) is 2.78. The van der Waals surface area contributed by atoms with Crippen LogP contribution in [0, 0.1) is 23.0 Å². The molecule has 0 spiro atoms. The number of nitrogens with one attached hydrogen (secondary N) is 2. The summed E-state index contributed by atoms with van der Waals surface area (Å²) in [5.74, 6) is 1.26. The number of halogens is 1. The van der Waals surface area contributed by atoms with E-state index < -0.39 is 4.92 Å². The van der Waals surface area contributed by atoms with Crippen molar-refractivity contribution in [2.24, 2.45) is 5.92 Å². The Balaban J connectivity index is 2.09. The molecule has 1 fully saturated rings. The van der Waals surface area contributed by atoms with Gasteiger partial charge in [-0.1, -0.05) is 0 Å². The zero-order valence-corrected chi connectivity index (χ0v) is 11.7. The van der Waals surface area contributed by atoms with E-state index in [0.717, 1.165) is 26.1 Å². The van der Waals surface area contributed by atoms with Crippen molar-refractivity contribution in [2.45, 2.75) is 13.3 Å². The van der Waals surface area contributed by atoms with E-state index >= 15 is 0 Å². The highest BCUT2D eigenvalue weighted by Crippen LogP contribution is 2.30. The van der Waals surface area contributed by atoms with E-state index in [2.05, 4.69) is 31.5 Å². The molecule has 18 heavy (non-hydrogen) atoms. The van der Waals surface area contributed by atoms with Gasteiger partial charge in [0, 0.05) is 12.1 Å². The fourth-order valence-electron chi connectivity index (χ4n) is 2.01. The van der Waals surface area contributed by atoms with Gasteiger partial charge in [0.25, 0.3) is 5.69 Å². The predicted octanol–water partition coefficient (Wildman–Crippen LogP) is 2.08. The molecular weight excluding hydrogens is 300 g/mol. The van der Waals surface area contributed by atoms with Crippen molar-refractivity contribution < 1.29 is 4.92 Å². The molecule has 0 amide bonds. The molecule has 7 heteroatoms. The molecule has 0 aromatic carbocycles. The zero-order valence-electron chi connectivity index (χ0n) is 10.1. The van der Waals surface area contributed by atoms with Crippen LogP contribution >= 0.6 is 15.9 Å². The van der Waals surface area contributed by atoms with Gasteiger partial charge in [0.15, 0.2) is 0 Å². The molecule has 2 rings (SSSR count). The number of pyridine rings is 1. The van der Waals surface area contributed by atoms with E-state index in [1.165, 1.54) is 6.20 Å². The molecule has 1 unspecified atom stereocenters. The molecule has 0 aliphatic carbocycles. The molecule has 0 bridgehead atoms. The van der Waals surface area contributed by atoms with Crippen LogP contribution in [0.4, 0.5) is 11.5 Å². The molecule has 1 aromatic heterocycles. The summed E-state index contributed by atoms with van der Waals surface area (Å²) in [4.78, 5) is 14.5. The largest absolute Gasteiger partial charge is 0.369 e. The van der Waals surface area contributed by atoms with E-state index in [1.54, 1.807) is 6.92 Å². The highest BCUT2D eigenvalue weighted by Gasteiger charge is 2.19. The minimum atomic E-state index is -0.419. The predicted molar refractivity (Wildman–Crippen MR) is 72.8 cm³/mol. The Labute approximate surface area is 113 Å². The van der Waals surface area contributed by atoms with Crippen LogP contribution in [0.3, 0.4) is 0 Å². The van der Waals surface area contributed by atoms with Crippen molar-refractivity contribution in [3.05, 3.63) is 26.3 Å². The lowest BCUT2D eigenvalue weighted by Gasteiger charge is -2.12. The maximum atomic E-state index is 10.8. The minimum absolute atomic E-state index is 0.0370. The molecular formula is C11H15BrN4O2. The molecule has 1 aliphatic heterocycles. The number of nitro groups is 1. The monoisotopic (exact) mass is 314 g/mol. The molecule has 1 saturated heterocycles. The number of nitrogens with zero attached hydrogens (tertiary/aromatic N) is 2. The lowest BCUT2D eigenvalue weighted by molar-refractivity contribution is -0.385. The normalized spacial score (nSPS) is 18.9. The summed E-state index contributed by atoms with van der Waals surface area (Å²) in [5, 5.41) is 17.3. The van der Waals surface area contributed by atoms with Gasteiger partial charge in [-0.2, -0.15) is 0 Å². The second kappa shape index (κ2) is 5.62. The maximum Gasteiger partial charge on any atom is 0.291 e. The molecule has 2 heterocycles. The average molecular weight is 315 g/mol. The van der Waals surface area contributed by atoms with Crippen molar-refractivity contribution >= 4 is 27.4 Å². The molecule has 2 N–H and O–H groups in total. The zero-order chi connectivity index (χ0) is 13.1. The highest BCUT2D eigenvalue weighted by atomic mass is 79.9. The third-order valence-electron chi connectivity index (χ3n) is 3.15. The summed E-state index contributed by atoms with van der Waals surface area (Å²) in [5.41, 5.74) is 0.636. The summed E-state index contributed by atoms with van der Waals surface area (Å²) < 4.78 is 0.669. The number of hydrogen-bond acceptors (Lipinski definition) is 5. The SMILES string of the molecule is Cc1c([N+](=O)[O-])cnc(NCC2CCNC2)c1Br. The van der Waals surface area contributed by atoms with Crippen LogP contribution in [-0.2, 0) is 0 Å². The van der Waals surface area contributed by atoms with Crippen LogP contribution in [0.15, 0.2) is 10.7 Å². The summed E-state index contributed by atoms with van der Waals surface area (Å²) in [6.45, 7) is 4.61. The second-order valence-electron chi connectivity index (χ2n) is 4.43. The van der Waals surface area contributed by atoms with Crippen molar-refractivity contribution in [1.82, 2.24) is 10.3 Å². The van der Waals surface area contributed by atoms with Gasteiger partial charge < -0.3 is 10.6 Å². The number of hydrogen-bond donors (Lipinski definition) is 2. The summed E-state index contributed by atoms with van der Waals surface area (Å²) in [6, 6.07) is 0. The van der Waals surface area contributed by atoms with E-state index in [-0.39, 0.29) is 5.69 Å². The van der Waals surface area contributed by atoms with Gasteiger partial charge in [0.1, 0.15) is 12.0 Å². The molecule has 1 aliphatic rings. The average Bonchev–Trinajstić information content (AvgIpc) is 2.83. The van der Waals surface area contributed by atoms with Crippen LogP contribution in [0.2, 0.25) is 0 Å². The van der Waals surface area contributed by atoms with Gasteiger partial charge in [0.2, 0.25) is 0 Å². The first kappa shape index (κ1) is 13.2. The number of rotatable bonds is 4. The Morgan fingerprint density at radius 2 is 2.50 bits per heavy atom. The second-order valence-corrected chi connectivity index (χ2v) is 5.22. The molecule has 1 atom stereocenters. The fourth-order valence-corrected chi connectivity index (χ4v) is 2.45. The third-order valence-corrected chi connectivity index (χ3v) is 4.12. The first-order valence-corrected chi connectivity index (χ1v) is 6.63. The van der Waals surface area contributed by atoms with Crippen molar-refractivity contribution in [3.63, 3.8) is 0 Å². The van der Waals surface area contributed by atoms with Crippen molar-refractivity contribution in [3.8, 4) is 0 Å². The van der Waals surface area contributed by atoms with Crippen LogP contribution in [0.25, 0.3) is 0 Å². The topological polar surface area (TPSA) is 80.1 Å². The molecule has 98 valence electrons. The fraction of sp³-hybridized carbons (Fsp3) is 0.545. The lowest BCUT2D eigenvalue weighted by atomic mass is 10.1. The van der Waals surface area contributed by atoms with Crippen LogP contribution < -0.4 is 10.6 Å². The molecule has 1 aromatic rings. The van der Waals surface area contributed by atoms with Crippen molar-refractivity contribution in [1.29, 1.82) is 0 Å². The Bertz CT molecular complexity index is 461. The Kier molecular flexibility index (Phi) is 4.13. The Hall–Kier alpha value is -1.21. The first-order chi connectivity index (χ1) is 8.59. The van der Waals surface area contributed by atoms with Gasteiger partial charge in [-0.05, 0) is 48.3 Å². The van der Waals surface area contributed by atoms with E-state index in [4.69, 9.17) is 0 Å². The smallest absolute Gasteiger partial charge is 0.291 e. The van der Waals surface area contributed by atoms with Gasteiger partial charge in [-0.3, -0.25) is 10.1 Å². The van der Waals surface area contributed by atoms with Crippen LogP contribution in [-0.4, -0.2) is 29.5 Å². The molecule has 0 radical (unpaired) electrons. The first-order valence-electron chi connectivity index (χ1n) is 5.83. The van der Waals surface area contributed by atoms with E-state index in [9.17, 15) is 10.1 Å². The van der Waals surface area contributed by atoms with E-state index in [0.29, 0.717) is 21.8 Å². The number of aromatic nitrogens is 1. The van der Waals surface area contributed by atoms with Crippen LogP contribution in [0.1, 0.15) is 12.0 Å². The number of anilines is 1. The Morgan fingerprint density at radius 1 is 1.72 bits per heavy atom. The quantitative estimate of drug-likeness (QED) is 0.657. The van der Waals surface area contributed by atoms with Gasteiger partial charge in [-0.15, -0.1) is 0 Å².